The molecule has 19 heavy (non-hydrogen) atoms. The van der Waals surface area contributed by atoms with Crippen molar-refractivity contribution in [3.05, 3.63) is 33.8 Å². The monoisotopic (exact) mass is 321 g/mol. The summed E-state index contributed by atoms with van der Waals surface area (Å²) in [5.41, 5.74) is 3.98. The van der Waals surface area contributed by atoms with Gasteiger partial charge in [0.05, 0.1) is 0 Å². The van der Waals surface area contributed by atoms with E-state index < -0.39 is 0 Å². The number of halogens is 1. The van der Waals surface area contributed by atoms with Crippen LogP contribution in [0.25, 0.3) is 0 Å². The van der Waals surface area contributed by atoms with Gasteiger partial charge in [0.2, 0.25) is 0 Å². The summed E-state index contributed by atoms with van der Waals surface area (Å²) in [6, 6.07) is 7.16. The standard InChI is InChI=1S/C17H24BrN/c1-16(2)15(17(16,3)4)10-19-14-9-8-11-12(14)6-5-7-13(11)18/h5-7,14-15,19H,8-10H2,1-4H3. The van der Waals surface area contributed by atoms with E-state index in [1.165, 1.54) is 28.4 Å². The minimum absolute atomic E-state index is 0.485. The molecule has 1 atom stereocenters. The summed E-state index contributed by atoms with van der Waals surface area (Å²) in [4.78, 5) is 0. The molecule has 0 spiro atoms. The van der Waals surface area contributed by atoms with Crippen LogP contribution >= 0.6 is 15.9 Å². The Morgan fingerprint density at radius 2 is 1.89 bits per heavy atom. The highest BCUT2D eigenvalue weighted by Crippen LogP contribution is 2.68. The first-order valence-electron chi connectivity index (χ1n) is 7.36. The van der Waals surface area contributed by atoms with Crippen LogP contribution in [0.3, 0.4) is 0 Å². The lowest BCUT2D eigenvalue weighted by atomic mass is 10.0. The van der Waals surface area contributed by atoms with Crippen LogP contribution in [-0.4, -0.2) is 6.54 Å². The Morgan fingerprint density at radius 3 is 2.53 bits per heavy atom. The molecule has 0 aromatic heterocycles. The van der Waals surface area contributed by atoms with Crippen LogP contribution < -0.4 is 5.32 Å². The van der Waals surface area contributed by atoms with Gasteiger partial charge in [-0.15, -0.1) is 0 Å². The molecule has 0 radical (unpaired) electrons. The first kappa shape index (κ1) is 13.6. The van der Waals surface area contributed by atoms with Gasteiger partial charge in [0.25, 0.3) is 0 Å². The Kier molecular flexibility index (Phi) is 3.10. The molecule has 0 saturated heterocycles. The molecule has 1 nitrogen and oxygen atoms in total. The number of nitrogens with one attached hydrogen (secondary N) is 1. The van der Waals surface area contributed by atoms with Crippen molar-refractivity contribution in [3.8, 4) is 0 Å². The van der Waals surface area contributed by atoms with E-state index in [1.54, 1.807) is 0 Å². The summed E-state index contributed by atoms with van der Waals surface area (Å²) in [6.45, 7) is 10.8. The Morgan fingerprint density at radius 1 is 1.21 bits per heavy atom. The fraction of sp³-hybridized carbons (Fsp3) is 0.647. The zero-order valence-electron chi connectivity index (χ0n) is 12.4. The zero-order valence-corrected chi connectivity index (χ0v) is 14.0. The van der Waals surface area contributed by atoms with Gasteiger partial charge < -0.3 is 5.32 Å². The number of hydrogen-bond acceptors (Lipinski definition) is 1. The number of hydrogen-bond donors (Lipinski definition) is 1. The first-order chi connectivity index (χ1) is 8.85. The van der Waals surface area contributed by atoms with Gasteiger partial charge in [-0.2, -0.15) is 0 Å². The molecule has 0 heterocycles. The molecule has 1 saturated carbocycles. The second kappa shape index (κ2) is 4.33. The maximum absolute atomic E-state index is 3.82. The summed E-state index contributed by atoms with van der Waals surface area (Å²) in [6.07, 6.45) is 2.44. The molecule has 1 N–H and O–H groups in total. The van der Waals surface area contributed by atoms with Crippen LogP contribution in [0.5, 0.6) is 0 Å². The van der Waals surface area contributed by atoms with E-state index in [4.69, 9.17) is 0 Å². The van der Waals surface area contributed by atoms with Crippen molar-refractivity contribution < 1.29 is 0 Å². The van der Waals surface area contributed by atoms with E-state index in [-0.39, 0.29) is 0 Å². The summed E-state index contributed by atoms with van der Waals surface area (Å²) in [5.74, 6) is 0.802. The van der Waals surface area contributed by atoms with Crippen molar-refractivity contribution in [2.45, 2.75) is 46.6 Å². The summed E-state index contributed by atoms with van der Waals surface area (Å²) < 4.78 is 1.28. The van der Waals surface area contributed by atoms with Gasteiger partial charge in [0.15, 0.2) is 0 Å². The van der Waals surface area contributed by atoms with E-state index in [0.717, 1.165) is 12.5 Å². The Bertz CT molecular complexity index is 490. The van der Waals surface area contributed by atoms with Crippen molar-refractivity contribution in [2.24, 2.45) is 16.7 Å². The van der Waals surface area contributed by atoms with E-state index >= 15 is 0 Å². The van der Waals surface area contributed by atoms with Crippen molar-refractivity contribution in [3.63, 3.8) is 0 Å². The van der Waals surface area contributed by atoms with Crippen LogP contribution in [0.1, 0.15) is 51.3 Å². The van der Waals surface area contributed by atoms with Crippen LogP contribution in [0.4, 0.5) is 0 Å². The summed E-state index contributed by atoms with van der Waals surface area (Å²) in [7, 11) is 0. The van der Waals surface area contributed by atoms with Gasteiger partial charge in [-0.1, -0.05) is 55.8 Å². The SMILES string of the molecule is CC1(C)C(CNC2CCc3c(Br)cccc32)C1(C)C. The van der Waals surface area contributed by atoms with E-state index in [0.29, 0.717) is 16.9 Å². The molecular weight excluding hydrogens is 298 g/mol. The molecule has 0 bridgehead atoms. The molecule has 1 fully saturated rings. The highest BCUT2D eigenvalue weighted by Gasteiger charge is 2.63. The van der Waals surface area contributed by atoms with Gasteiger partial charge in [0.1, 0.15) is 0 Å². The largest absolute Gasteiger partial charge is 0.310 e. The van der Waals surface area contributed by atoms with Crippen molar-refractivity contribution in [1.29, 1.82) is 0 Å². The summed E-state index contributed by atoms with van der Waals surface area (Å²) in [5, 5.41) is 3.82. The molecule has 2 aliphatic rings. The van der Waals surface area contributed by atoms with Gasteiger partial charge in [-0.05, 0) is 53.3 Å². The number of rotatable bonds is 3. The fourth-order valence-electron chi connectivity index (χ4n) is 3.93. The van der Waals surface area contributed by atoms with Crippen LogP contribution in [0.2, 0.25) is 0 Å². The topological polar surface area (TPSA) is 12.0 Å². The van der Waals surface area contributed by atoms with E-state index in [1.807, 2.05) is 0 Å². The lowest BCUT2D eigenvalue weighted by Crippen LogP contribution is -2.23. The fourth-order valence-corrected chi connectivity index (χ4v) is 4.51. The second-order valence-electron chi connectivity index (χ2n) is 7.30. The smallest absolute Gasteiger partial charge is 0.0326 e. The molecule has 0 amide bonds. The molecule has 104 valence electrons. The van der Waals surface area contributed by atoms with Crippen molar-refractivity contribution >= 4 is 15.9 Å². The maximum Gasteiger partial charge on any atom is 0.0326 e. The molecule has 2 aliphatic carbocycles. The van der Waals surface area contributed by atoms with Crippen LogP contribution in [-0.2, 0) is 6.42 Å². The predicted molar refractivity (Wildman–Crippen MR) is 84.3 cm³/mol. The molecule has 3 rings (SSSR count). The third kappa shape index (κ3) is 1.99. The number of fused-ring (bicyclic) bond motifs is 1. The van der Waals surface area contributed by atoms with Gasteiger partial charge >= 0.3 is 0 Å². The molecule has 1 aromatic carbocycles. The van der Waals surface area contributed by atoms with Crippen LogP contribution in [0, 0.1) is 16.7 Å². The van der Waals surface area contributed by atoms with Gasteiger partial charge in [0, 0.05) is 10.5 Å². The molecule has 0 aliphatic heterocycles. The Hall–Kier alpha value is -0.340. The quantitative estimate of drug-likeness (QED) is 0.850. The summed E-state index contributed by atoms with van der Waals surface area (Å²) >= 11 is 3.68. The van der Waals surface area contributed by atoms with Gasteiger partial charge in [-0.3, -0.25) is 0 Å². The number of benzene rings is 1. The minimum atomic E-state index is 0.485. The molecular formula is C17H24BrN. The van der Waals surface area contributed by atoms with Crippen molar-refractivity contribution in [2.75, 3.05) is 6.54 Å². The van der Waals surface area contributed by atoms with Crippen LogP contribution in [0.15, 0.2) is 22.7 Å². The lowest BCUT2D eigenvalue weighted by molar-refractivity contribution is 0.457. The third-order valence-corrected chi connectivity index (χ3v) is 6.84. The van der Waals surface area contributed by atoms with Crippen molar-refractivity contribution in [1.82, 2.24) is 5.32 Å². The lowest BCUT2D eigenvalue weighted by Gasteiger charge is -2.15. The van der Waals surface area contributed by atoms with Gasteiger partial charge in [-0.25, -0.2) is 0 Å². The average molecular weight is 322 g/mol. The zero-order chi connectivity index (χ0) is 13.8. The van der Waals surface area contributed by atoms with E-state index in [2.05, 4.69) is 67.1 Å². The Balaban J connectivity index is 1.67. The average Bonchev–Trinajstić information content (AvgIpc) is 2.67. The molecule has 2 heteroatoms. The molecule has 1 aromatic rings. The highest BCUT2D eigenvalue weighted by molar-refractivity contribution is 9.10. The predicted octanol–water partition coefficient (Wildman–Crippen LogP) is 4.71. The molecule has 1 unspecified atom stereocenters. The van der Waals surface area contributed by atoms with E-state index in [9.17, 15) is 0 Å². The Labute approximate surface area is 125 Å². The maximum atomic E-state index is 3.82. The minimum Gasteiger partial charge on any atom is -0.310 e. The highest BCUT2D eigenvalue weighted by atomic mass is 79.9. The first-order valence-corrected chi connectivity index (χ1v) is 8.15. The second-order valence-corrected chi connectivity index (χ2v) is 8.16. The third-order valence-electron chi connectivity index (χ3n) is 6.10. The normalized spacial score (nSPS) is 27.3.